The molecular weight excluding hydrogens is 219 g/mol. The summed E-state index contributed by atoms with van der Waals surface area (Å²) in [6.07, 6.45) is 1.50. The first-order valence-electron chi connectivity index (χ1n) is 5.83. The van der Waals surface area contributed by atoms with E-state index < -0.39 is 6.04 Å². The lowest BCUT2D eigenvalue weighted by molar-refractivity contribution is -0.122. The highest BCUT2D eigenvalue weighted by Gasteiger charge is 2.12. The number of carbonyl (C=O) groups excluding carboxylic acids is 1. The van der Waals surface area contributed by atoms with Gasteiger partial charge in [0.25, 0.3) is 0 Å². The third-order valence-electron chi connectivity index (χ3n) is 2.66. The average molecular weight is 238 g/mol. The van der Waals surface area contributed by atoms with Crippen LogP contribution in [0.1, 0.15) is 30.9 Å². The highest BCUT2D eigenvalue weighted by molar-refractivity contribution is 5.81. The zero-order valence-corrected chi connectivity index (χ0v) is 10.3. The van der Waals surface area contributed by atoms with Gasteiger partial charge in [-0.25, -0.2) is 4.39 Å². The van der Waals surface area contributed by atoms with E-state index in [1.807, 2.05) is 6.92 Å². The topological polar surface area (TPSA) is 55.1 Å². The molecule has 0 bridgehead atoms. The van der Waals surface area contributed by atoms with Crippen LogP contribution in [0.5, 0.6) is 0 Å². The first kappa shape index (κ1) is 13.6. The van der Waals surface area contributed by atoms with E-state index in [9.17, 15) is 9.18 Å². The molecule has 0 fully saturated rings. The number of benzene rings is 1. The van der Waals surface area contributed by atoms with Crippen LogP contribution >= 0.6 is 0 Å². The number of aryl methyl sites for hydroxylation is 1. The van der Waals surface area contributed by atoms with E-state index in [1.54, 1.807) is 25.1 Å². The predicted molar refractivity (Wildman–Crippen MR) is 65.9 cm³/mol. The SMILES string of the molecule is CCCC(N)C(=O)NCc1cccc(C)c1F. The second kappa shape index (κ2) is 6.35. The number of nitrogens with one attached hydrogen (secondary N) is 1. The summed E-state index contributed by atoms with van der Waals surface area (Å²) < 4.78 is 13.6. The van der Waals surface area contributed by atoms with Crippen LogP contribution in [0.25, 0.3) is 0 Å². The normalized spacial score (nSPS) is 12.2. The highest BCUT2D eigenvalue weighted by atomic mass is 19.1. The number of halogens is 1. The first-order valence-corrected chi connectivity index (χ1v) is 5.83. The van der Waals surface area contributed by atoms with Gasteiger partial charge in [-0.2, -0.15) is 0 Å². The zero-order chi connectivity index (χ0) is 12.8. The molecule has 1 aromatic rings. The van der Waals surface area contributed by atoms with Crippen molar-refractivity contribution < 1.29 is 9.18 Å². The monoisotopic (exact) mass is 238 g/mol. The Morgan fingerprint density at radius 1 is 1.53 bits per heavy atom. The molecule has 0 spiro atoms. The van der Waals surface area contributed by atoms with Crippen LogP contribution in [0.3, 0.4) is 0 Å². The number of nitrogens with two attached hydrogens (primary N) is 1. The van der Waals surface area contributed by atoms with Gasteiger partial charge in [0.1, 0.15) is 5.82 Å². The van der Waals surface area contributed by atoms with Crippen molar-refractivity contribution in [3.05, 3.63) is 35.1 Å². The quantitative estimate of drug-likeness (QED) is 0.823. The van der Waals surface area contributed by atoms with E-state index in [-0.39, 0.29) is 18.3 Å². The summed E-state index contributed by atoms with van der Waals surface area (Å²) in [4.78, 5) is 11.5. The Kier molecular flexibility index (Phi) is 5.10. The van der Waals surface area contributed by atoms with E-state index in [1.165, 1.54) is 0 Å². The average Bonchev–Trinajstić information content (AvgIpc) is 2.31. The standard InChI is InChI=1S/C13H19FN2O/c1-3-5-11(15)13(17)16-8-10-7-4-6-9(2)12(10)14/h4,6-7,11H,3,5,8,15H2,1-2H3,(H,16,17). The fraction of sp³-hybridized carbons (Fsp3) is 0.462. The largest absolute Gasteiger partial charge is 0.351 e. The smallest absolute Gasteiger partial charge is 0.237 e. The summed E-state index contributed by atoms with van der Waals surface area (Å²) in [7, 11) is 0. The number of carbonyl (C=O) groups is 1. The lowest BCUT2D eigenvalue weighted by Gasteiger charge is -2.12. The van der Waals surface area contributed by atoms with Gasteiger partial charge in [0.05, 0.1) is 6.04 Å². The fourth-order valence-corrected chi connectivity index (χ4v) is 1.60. The third kappa shape index (κ3) is 3.82. The van der Waals surface area contributed by atoms with Crippen molar-refractivity contribution in [1.82, 2.24) is 5.32 Å². The Morgan fingerprint density at radius 2 is 2.24 bits per heavy atom. The fourth-order valence-electron chi connectivity index (χ4n) is 1.60. The Labute approximate surface area is 101 Å². The lowest BCUT2D eigenvalue weighted by atomic mass is 10.1. The summed E-state index contributed by atoms with van der Waals surface area (Å²) in [5, 5.41) is 2.65. The van der Waals surface area contributed by atoms with E-state index in [2.05, 4.69) is 5.32 Å². The Hall–Kier alpha value is -1.42. The molecule has 0 saturated heterocycles. The molecule has 3 N–H and O–H groups in total. The van der Waals surface area contributed by atoms with Gasteiger partial charge >= 0.3 is 0 Å². The summed E-state index contributed by atoms with van der Waals surface area (Å²) in [5.74, 6) is -0.496. The highest BCUT2D eigenvalue weighted by Crippen LogP contribution is 2.11. The van der Waals surface area contributed by atoms with Crippen LogP contribution in [0.2, 0.25) is 0 Å². The number of hydrogen-bond acceptors (Lipinski definition) is 2. The maximum Gasteiger partial charge on any atom is 0.237 e. The molecule has 1 unspecified atom stereocenters. The van der Waals surface area contributed by atoms with Gasteiger partial charge < -0.3 is 11.1 Å². The molecule has 17 heavy (non-hydrogen) atoms. The molecule has 4 heteroatoms. The molecule has 0 aliphatic carbocycles. The maximum absolute atomic E-state index is 13.6. The molecule has 1 atom stereocenters. The van der Waals surface area contributed by atoms with E-state index in [0.717, 1.165) is 6.42 Å². The second-order valence-corrected chi connectivity index (χ2v) is 4.16. The Balaban J connectivity index is 2.56. The predicted octanol–water partition coefficient (Wildman–Crippen LogP) is 1.88. The molecule has 1 amide bonds. The maximum atomic E-state index is 13.6. The van der Waals surface area contributed by atoms with E-state index in [0.29, 0.717) is 17.5 Å². The van der Waals surface area contributed by atoms with Crippen LogP contribution in [-0.2, 0) is 11.3 Å². The second-order valence-electron chi connectivity index (χ2n) is 4.16. The van der Waals surface area contributed by atoms with Crippen molar-refractivity contribution in [3.63, 3.8) is 0 Å². The first-order chi connectivity index (χ1) is 8.06. The van der Waals surface area contributed by atoms with Crippen molar-refractivity contribution >= 4 is 5.91 Å². The molecule has 0 heterocycles. The minimum atomic E-state index is -0.507. The lowest BCUT2D eigenvalue weighted by Crippen LogP contribution is -2.40. The van der Waals surface area contributed by atoms with Crippen LogP contribution in [0.4, 0.5) is 4.39 Å². The van der Waals surface area contributed by atoms with E-state index >= 15 is 0 Å². The summed E-state index contributed by atoms with van der Waals surface area (Å²) >= 11 is 0. The molecule has 0 aliphatic heterocycles. The van der Waals surface area contributed by atoms with Gasteiger partial charge in [0.15, 0.2) is 0 Å². The summed E-state index contributed by atoms with van der Waals surface area (Å²) in [6.45, 7) is 3.85. The van der Waals surface area contributed by atoms with Crippen molar-refractivity contribution in [3.8, 4) is 0 Å². The molecule has 1 aromatic carbocycles. The Bertz CT molecular complexity index is 393. The molecule has 0 aromatic heterocycles. The van der Waals surface area contributed by atoms with Gasteiger partial charge in [-0.15, -0.1) is 0 Å². The molecule has 0 aliphatic rings. The van der Waals surface area contributed by atoms with Crippen LogP contribution in [0, 0.1) is 12.7 Å². The van der Waals surface area contributed by atoms with Crippen LogP contribution in [-0.4, -0.2) is 11.9 Å². The summed E-state index contributed by atoms with van der Waals surface area (Å²) in [5.41, 5.74) is 6.72. The van der Waals surface area contributed by atoms with Crippen molar-refractivity contribution in [2.45, 2.75) is 39.3 Å². The van der Waals surface area contributed by atoms with Crippen LogP contribution < -0.4 is 11.1 Å². The zero-order valence-electron chi connectivity index (χ0n) is 10.3. The molecule has 0 saturated carbocycles. The molecule has 94 valence electrons. The van der Waals surface area contributed by atoms with Crippen molar-refractivity contribution in [1.29, 1.82) is 0 Å². The van der Waals surface area contributed by atoms with Gasteiger partial charge in [0.2, 0.25) is 5.91 Å². The van der Waals surface area contributed by atoms with Gasteiger partial charge in [-0.3, -0.25) is 4.79 Å². The Morgan fingerprint density at radius 3 is 2.88 bits per heavy atom. The van der Waals surface area contributed by atoms with Gasteiger partial charge in [-0.05, 0) is 18.9 Å². The number of hydrogen-bond donors (Lipinski definition) is 2. The van der Waals surface area contributed by atoms with Crippen LogP contribution in [0.15, 0.2) is 18.2 Å². The van der Waals surface area contributed by atoms with Gasteiger partial charge in [-0.1, -0.05) is 31.5 Å². The minimum absolute atomic E-state index is 0.184. The number of rotatable bonds is 5. The summed E-state index contributed by atoms with van der Waals surface area (Å²) in [6, 6.07) is 4.62. The molecule has 1 rings (SSSR count). The van der Waals surface area contributed by atoms with Gasteiger partial charge in [0, 0.05) is 12.1 Å². The van der Waals surface area contributed by atoms with E-state index in [4.69, 9.17) is 5.73 Å². The number of amides is 1. The van der Waals surface area contributed by atoms with Crippen molar-refractivity contribution in [2.24, 2.45) is 5.73 Å². The molecule has 0 radical (unpaired) electrons. The third-order valence-corrected chi connectivity index (χ3v) is 2.66. The van der Waals surface area contributed by atoms with Crippen molar-refractivity contribution in [2.75, 3.05) is 0 Å². The molecular formula is C13H19FN2O. The molecule has 3 nitrogen and oxygen atoms in total. The minimum Gasteiger partial charge on any atom is -0.351 e.